The van der Waals surface area contributed by atoms with Gasteiger partial charge >= 0.3 is 0 Å². The molecular weight excluding hydrogens is 252 g/mol. The Kier molecular flexibility index (Phi) is 6.75. The highest BCUT2D eigenvalue weighted by atomic mass is 16.5. The third kappa shape index (κ3) is 4.69. The van der Waals surface area contributed by atoms with Crippen molar-refractivity contribution in [3.63, 3.8) is 0 Å². The third-order valence-electron chi connectivity index (χ3n) is 5.07. The number of aliphatic hydroxyl groups excluding tert-OH is 1. The average molecular weight is 284 g/mol. The Morgan fingerprint density at radius 2 is 1.70 bits per heavy atom. The third-order valence-corrected chi connectivity index (χ3v) is 5.07. The van der Waals surface area contributed by atoms with E-state index in [0.29, 0.717) is 0 Å². The molecule has 1 N–H and O–H groups in total. The lowest BCUT2D eigenvalue weighted by Gasteiger charge is -2.30. The van der Waals surface area contributed by atoms with Gasteiger partial charge in [-0.15, -0.1) is 0 Å². The zero-order chi connectivity index (χ0) is 14.4. The molecule has 0 aliphatic carbocycles. The van der Waals surface area contributed by atoms with Crippen LogP contribution in [0.2, 0.25) is 0 Å². The van der Waals surface area contributed by atoms with Gasteiger partial charge in [0.1, 0.15) is 0 Å². The topological polar surface area (TPSA) is 35.9 Å². The second kappa shape index (κ2) is 8.32. The molecule has 0 aromatic rings. The van der Waals surface area contributed by atoms with E-state index in [4.69, 9.17) is 4.74 Å². The predicted octanol–water partition coefficient (Wildman–Crippen LogP) is 1.44. The van der Waals surface area contributed by atoms with Gasteiger partial charge in [-0.3, -0.25) is 4.90 Å². The number of β-amino-alcohol motifs (C(OH)–C–C–N with tert-alkyl or cyclic N) is 1. The summed E-state index contributed by atoms with van der Waals surface area (Å²) in [6.07, 6.45) is 3.70. The Morgan fingerprint density at radius 1 is 1.05 bits per heavy atom. The number of hydrogen-bond acceptors (Lipinski definition) is 4. The molecule has 2 aliphatic rings. The summed E-state index contributed by atoms with van der Waals surface area (Å²) in [6, 6.07) is 0. The summed E-state index contributed by atoms with van der Waals surface area (Å²) in [5.41, 5.74) is 0. The van der Waals surface area contributed by atoms with Crippen molar-refractivity contribution in [3.05, 3.63) is 0 Å². The first-order valence-corrected chi connectivity index (χ1v) is 8.43. The van der Waals surface area contributed by atoms with Crippen molar-refractivity contribution < 1.29 is 9.84 Å². The fourth-order valence-electron chi connectivity index (χ4n) is 3.81. The minimum atomic E-state index is -0.214. The molecular formula is C16H32N2O2. The molecule has 2 fully saturated rings. The van der Waals surface area contributed by atoms with Crippen LogP contribution in [0.3, 0.4) is 0 Å². The largest absolute Gasteiger partial charge is 0.390 e. The molecule has 2 unspecified atom stereocenters. The van der Waals surface area contributed by atoms with Gasteiger partial charge in [0.25, 0.3) is 0 Å². The van der Waals surface area contributed by atoms with Gasteiger partial charge in [-0.2, -0.15) is 0 Å². The zero-order valence-corrected chi connectivity index (χ0v) is 13.3. The van der Waals surface area contributed by atoms with Crippen LogP contribution in [0.4, 0.5) is 0 Å². The highest BCUT2D eigenvalue weighted by molar-refractivity contribution is 4.82. The van der Waals surface area contributed by atoms with E-state index < -0.39 is 0 Å². The van der Waals surface area contributed by atoms with Crippen LogP contribution in [0, 0.1) is 11.8 Å². The van der Waals surface area contributed by atoms with Gasteiger partial charge in [0.15, 0.2) is 0 Å². The molecule has 0 aromatic carbocycles. The van der Waals surface area contributed by atoms with E-state index in [1.165, 1.54) is 32.4 Å². The molecule has 4 heteroatoms. The van der Waals surface area contributed by atoms with Crippen LogP contribution in [0.25, 0.3) is 0 Å². The van der Waals surface area contributed by atoms with Crippen molar-refractivity contribution in [1.82, 2.24) is 9.80 Å². The van der Waals surface area contributed by atoms with Crippen molar-refractivity contribution in [1.29, 1.82) is 0 Å². The highest BCUT2D eigenvalue weighted by Crippen LogP contribution is 2.28. The molecule has 2 heterocycles. The monoisotopic (exact) mass is 284 g/mol. The van der Waals surface area contributed by atoms with Crippen LogP contribution in [-0.2, 0) is 4.74 Å². The van der Waals surface area contributed by atoms with Crippen LogP contribution in [0.5, 0.6) is 0 Å². The first-order chi connectivity index (χ1) is 9.72. The molecule has 118 valence electrons. The Hall–Kier alpha value is -0.160. The summed E-state index contributed by atoms with van der Waals surface area (Å²) in [5.74, 6) is 1.72. The molecule has 0 saturated carbocycles. The van der Waals surface area contributed by atoms with Crippen LogP contribution in [0.15, 0.2) is 0 Å². The predicted molar refractivity (Wildman–Crippen MR) is 81.9 cm³/mol. The first-order valence-electron chi connectivity index (χ1n) is 8.43. The van der Waals surface area contributed by atoms with Crippen LogP contribution < -0.4 is 0 Å². The van der Waals surface area contributed by atoms with Gasteiger partial charge < -0.3 is 14.7 Å². The van der Waals surface area contributed by atoms with Crippen LogP contribution in [0.1, 0.15) is 33.1 Å². The second-order valence-corrected chi connectivity index (χ2v) is 6.45. The molecule has 2 saturated heterocycles. The van der Waals surface area contributed by atoms with E-state index in [1.807, 2.05) is 0 Å². The lowest BCUT2D eigenvalue weighted by Crippen LogP contribution is -2.44. The first kappa shape index (κ1) is 16.2. The van der Waals surface area contributed by atoms with Crippen molar-refractivity contribution in [2.75, 3.05) is 52.5 Å². The molecule has 2 rings (SSSR count). The van der Waals surface area contributed by atoms with E-state index in [1.54, 1.807) is 0 Å². The Bertz CT molecular complexity index is 265. The molecule has 0 aromatic heterocycles. The quantitative estimate of drug-likeness (QED) is 0.767. The number of likely N-dealkylation sites (tertiary alicyclic amines) is 1. The average Bonchev–Trinajstić information content (AvgIpc) is 2.89. The fraction of sp³-hybridized carbons (Fsp3) is 1.00. The minimum Gasteiger partial charge on any atom is -0.390 e. The van der Waals surface area contributed by atoms with E-state index in [9.17, 15) is 5.11 Å². The molecule has 2 aliphatic heterocycles. The maximum absolute atomic E-state index is 10.3. The van der Waals surface area contributed by atoms with Crippen molar-refractivity contribution in [2.24, 2.45) is 11.8 Å². The Balaban J connectivity index is 1.68. The van der Waals surface area contributed by atoms with E-state index >= 15 is 0 Å². The number of ether oxygens (including phenoxy) is 1. The summed E-state index contributed by atoms with van der Waals surface area (Å²) in [7, 11) is 0. The van der Waals surface area contributed by atoms with Crippen molar-refractivity contribution in [3.8, 4) is 0 Å². The molecule has 0 amide bonds. The van der Waals surface area contributed by atoms with Crippen LogP contribution in [-0.4, -0.2) is 73.5 Å². The maximum atomic E-state index is 10.3. The number of nitrogens with zero attached hydrogens (tertiary/aromatic N) is 2. The minimum absolute atomic E-state index is 0.214. The Labute approximate surface area is 124 Å². The highest BCUT2D eigenvalue weighted by Gasteiger charge is 2.28. The van der Waals surface area contributed by atoms with Gasteiger partial charge in [0.05, 0.1) is 19.3 Å². The standard InChI is InChI=1S/C16H32N2O2/c1-3-14(4-2)15-5-6-18(11-15)13-16(19)12-17-7-9-20-10-8-17/h14-16,19H,3-13H2,1-2H3. The molecule has 0 bridgehead atoms. The molecule has 2 atom stereocenters. The van der Waals surface area contributed by atoms with Gasteiger partial charge in [-0.25, -0.2) is 0 Å². The maximum Gasteiger partial charge on any atom is 0.0793 e. The number of hydrogen-bond donors (Lipinski definition) is 1. The molecule has 0 radical (unpaired) electrons. The summed E-state index contributed by atoms with van der Waals surface area (Å²) >= 11 is 0. The van der Waals surface area contributed by atoms with Gasteiger partial charge in [0.2, 0.25) is 0 Å². The summed E-state index contributed by atoms with van der Waals surface area (Å²) < 4.78 is 5.35. The smallest absolute Gasteiger partial charge is 0.0793 e. The second-order valence-electron chi connectivity index (χ2n) is 6.45. The molecule has 0 spiro atoms. The molecule has 4 nitrogen and oxygen atoms in total. The Morgan fingerprint density at radius 3 is 2.35 bits per heavy atom. The summed E-state index contributed by atoms with van der Waals surface area (Å²) in [4.78, 5) is 4.79. The van der Waals surface area contributed by atoms with E-state index in [-0.39, 0.29) is 6.10 Å². The van der Waals surface area contributed by atoms with E-state index in [0.717, 1.165) is 51.2 Å². The fourth-order valence-corrected chi connectivity index (χ4v) is 3.81. The van der Waals surface area contributed by atoms with E-state index in [2.05, 4.69) is 23.6 Å². The number of morpholine rings is 1. The van der Waals surface area contributed by atoms with Gasteiger partial charge in [-0.1, -0.05) is 26.7 Å². The van der Waals surface area contributed by atoms with Crippen LogP contribution >= 0.6 is 0 Å². The number of rotatable bonds is 7. The van der Waals surface area contributed by atoms with Gasteiger partial charge in [-0.05, 0) is 24.8 Å². The van der Waals surface area contributed by atoms with Crippen molar-refractivity contribution >= 4 is 0 Å². The number of aliphatic hydroxyl groups is 1. The lowest BCUT2D eigenvalue weighted by atomic mass is 9.87. The van der Waals surface area contributed by atoms with Crippen molar-refractivity contribution in [2.45, 2.75) is 39.2 Å². The summed E-state index contributed by atoms with van der Waals surface area (Å²) in [6.45, 7) is 12.2. The summed E-state index contributed by atoms with van der Waals surface area (Å²) in [5, 5.41) is 10.3. The van der Waals surface area contributed by atoms with Gasteiger partial charge in [0, 0.05) is 32.7 Å². The normalized spacial score (nSPS) is 27.3. The lowest BCUT2D eigenvalue weighted by molar-refractivity contribution is 0.00816. The molecule has 20 heavy (non-hydrogen) atoms. The SMILES string of the molecule is CCC(CC)C1CCN(CC(O)CN2CCOCC2)C1. The zero-order valence-electron chi connectivity index (χ0n) is 13.3.